The summed E-state index contributed by atoms with van der Waals surface area (Å²) in [6, 6.07) is 6.34. The van der Waals surface area contributed by atoms with Crippen LogP contribution in [0.1, 0.15) is 34.7 Å². The number of anilines is 1. The standard InChI is InChI=1S/C23H23Cl2N7O3S/c1-23(2,11-36-4)29-22(34)17-18-12(10-27-30-18)8-14(25)19(17)28-21(33)15-9-16(35-3)31-32(15)20-13(24)6-5-7-26-20/h5-10H,11H2,1-4H3,(H,27,30)(H,28,33)(H,29,34). The zero-order chi connectivity index (χ0) is 26.0. The Balaban J connectivity index is 1.79. The summed E-state index contributed by atoms with van der Waals surface area (Å²) in [5, 5.41) is 18.0. The number of ether oxygens (including phenoxy) is 1. The molecule has 0 aliphatic heterocycles. The molecule has 2 amide bonds. The van der Waals surface area contributed by atoms with Crippen LogP contribution in [0.15, 0.2) is 36.7 Å². The fourth-order valence-corrected chi connectivity index (χ4v) is 4.92. The van der Waals surface area contributed by atoms with Crippen molar-refractivity contribution in [2.45, 2.75) is 19.4 Å². The summed E-state index contributed by atoms with van der Waals surface area (Å²) in [4.78, 5) is 31.2. The van der Waals surface area contributed by atoms with Crippen molar-refractivity contribution in [2.75, 3.05) is 24.4 Å². The first-order valence-electron chi connectivity index (χ1n) is 10.7. The number of amides is 2. The van der Waals surface area contributed by atoms with E-state index < -0.39 is 17.4 Å². The third kappa shape index (κ3) is 5.13. The number of nitrogens with one attached hydrogen (secondary N) is 3. The molecule has 0 unspecified atom stereocenters. The Morgan fingerprint density at radius 1 is 1.22 bits per heavy atom. The van der Waals surface area contributed by atoms with Gasteiger partial charge in [-0.25, -0.2) is 9.67 Å². The van der Waals surface area contributed by atoms with Crippen molar-refractivity contribution in [1.82, 2.24) is 30.3 Å². The van der Waals surface area contributed by atoms with Crippen LogP contribution in [0.4, 0.5) is 5.69 Å². The average molecular weight is 548 g/mol. The number of pyridine rings is 1. The molecule has 4 aromatic rings. The Labute approximate surface area is 221 Å². The number of H-pyrrole nitrogens is 1. The SMILES string of the molecule is COc1cc(C(=O)Nc2c(Cl)cc3cn[nH]c3c2C(=O)NC(C)(C)CSC)n(-c2ncccc2Cl)n1. The predicted molar refractivity (Wildman–Crippen MR) is 142 cm³/mol. The molecular weight excluding hydrogens is 525 g/mol. The number of aromatic amines is 1. The molecule has 3 N–H and O–H groups in total. The van der Waals surface area contributed by atoms with E-state index in [1.807, 2.05) is 20.1 Å². The Bertz CT molecular complexity index is 1450. The highest BCUT2D eigenvalue weighted by Gasteiger charge is 2.28. The second-order valence-electron chi connectivity index (χ2n) is 8.46. The molecule has 0 saturated carbocycles. The van der Waals surface area contributed by atoms with Crippen LogP contribution < -0.4 is 15.4 Å². The molecule has 0 saturated heterocycles. The largest absolute Gasteiger partial charge is 0.480 e. The van der Waals surface area contributed by atoms with Gasteiger partial charge in [-0.1, -0.05) is 23.2 Å². The highest BCUT2D eigenvalue weighted by atomic mass is 35.5. The lowest BCUT2D eigenvalue weighted by molar-refractivity contribution is 0.0923. The number of carbonyl (C=O) groups excluding carboxylic acids is 2. The Hall–Kier alpha value is -3.28. The van der Waals surface area contributed by atoms with Gasteiger partial charge < -0.3 is 15.4 Å². The monoisotopic (exact) mass is 547 g/mol. The number of fused-ring (bicyclic) bond motifs is 1. The number of rotatable bonds is 8. The van der Waals surface area contributed by atoms with Crippen molar-refractivity contribution in [3.05, 3.63) is 58.0 Å². The van der Waals surface area contributed by atoms with E-state index in [0.29, 0.717) is 16.7 Å². The average Bonchev–Trinajstić information content (AvgIpc) is 3.46. The molecule has 0 spiro atoms. The van der Waals surface area contributed by atoms with E-state index in [0.717, 1.165) is 0 Å². The van der Waals surface area contributed by atoms with Crippen LogP contribution in [0, 0.1) is 0 Å². The zero-order valence-corrected chi connectivity index (χ0v) is 22.2. The van der Waals surface area contributed by atoms with Gasteiger partial charge in [0.1, 0.15) is 5.69 Å². The molecule has 0 fully saturated rings. The number of thioether (sulfide) groups is 1. The van der Waals surface area contributed by atoms with Crippen LogP contribution in [0.5, 0.6) is 5.88 Å². The van der Waals surface area contributed by atoms with Gasteiger partial charge >= 0.3 is 0 Å². The summed E-state index contributed by atoms with van der Waals surface area (Å²) in [6.45, 7) is 3.82. The third-order valence-corrected chi connectivity index (χ3v) is 6.78. The first-order valence-corrected chi connectivity index (χ1v) is 12.8. The molecule has 3 aromatic heterocycles. The van der Waals surface area contributed by atoms with Crippen LogP contribution in [0.3, 0.4) is 0 Å². The van der Waals surface area contributed by atoms with Gasteiger partial charge in [0, 0.05) is 28.9 Å². The lowest BCUT2D eigenvalue weighted by Gasteiger charge is -2.26. The molecule has 0 aliphatic carbocycles. The van der Waals surface area contributed by atoms with E-state index in [1.165, 1.54) is 24.1 Å². The van der Waals surface area contributed by atoms with Gasteiger partial charge in [-0.05, 0) is 38.3 Å². The van der Waals surface area contributed by atoms with E-state index >= 15 is 0 Å². The molecule has 36 heavy (non-hydrogen) atoms. The minimum absolute atomic E-state index is 0.0716. The highest BCUT2D eigenvalue weighted by Crippen LogP contribution is 2.34. The minimum Gasteiger partial charge on any atom is -0.480 e. The van der Waals surface area contributed by atoms with E-state index in [-0.39, 0.29) is 38.7 Å². The maximum atomic E-state index is 13.5. The number of hydrogen-bond donors (Lipinski definition) is 3. The quantitative estimate of drug-likeness (QED) is 0.294. The second-order valence-corrected chi connectivity index (χ2v) is 10.1. The summed E-state index contributed by atoms with van der Waals surface area (Å²) < 4.78 is 6.48. The molecular formula is C23H23Cl2N7O3S. The zero-order valence-electron chi connectivity index (χ0n) is 19.8. The van der Waals surface area contributed by atoms with E-state index in [9.17, 15) is 9.59 Å². The number of halogens is 2. The third-order valence-electron chi connectivity index (χ3n) is 5.18. The fourth-order valence-electron chi connectivity index (χ4n) is 3.67. The molecule has 188 valence electrons. The number of nitrogens with zero attached hydrogens (tertiary/aromatic N) is 4. The number of methoxy groups -OCH3 is 1. The first kappa shape index (κ1) is 25.8. The normalized spacial score (nSPS) is 11.5. The number of hydrogen-bond acceptors (Lipinski definition) is 7. The van der Waals surface area contributed by atoms with Gasteiger partial charge in [0.25, 0.3) is 11.8 Å². The summed E-state index contributed by atoms with van der Waals surface area (Å²) in [7, 11) is 1.43. The molecule has 1 aromatic carbocycles. The van der Waals surface area contributed by atoms with Gasteiger partial charge in [0.15, 0.2) is 5.82 Å². The maximum absolute atomic E-state index is 13.5. The first-order chi connectivity index (χ1) is 17.1. The van der Waals surface area contributed by atoms with Crippen molar-refractivity contribution in [3.63, 3.8) is 0 Å². The van der Waals surface area contributed by atoms with Crippen LogP contribution in [0.2, 0.25) is 10.0 Å². The second kappa shape index (κ2) is 10.4. The highest BCUT2D eigenvalue weighted by molar-refractivity contribution is 7.98. The lowest BCUT2D eigenvalue weighted by Crippen LogP contribution is -2.45. The topological polar surface area (TPSA) is 127 Å². The summed E-state index contributed by atoms with van der Waals surface area (Å²) >= 11 is 14.5. The van der Waals surface area contributed by atoms with Crippen LogP contribution >= 0.6 is 35.0 Å². The molecule has 0 bridgehead atoms. The summed E-state index contributed by atoms with van der Waals surface area (Å²) in [5.41, 5.74) is 0.267. The maximum Gasteiger partial charge on any atom is 0.274 e. The van der Waals surface area contributed by atoms with E-state index in [1.54, 1.807) is 36.2 Å². The van der Waals surface area contributed by atoms with Gasteiger partial charge in [0.05, 0.1) is 40.1 Å². The smallest absolute Gasteiger partial charge is 0.274 e. The molecule has 13 heteroatoms. The predicted octanol–water partition coefficient (Wildman–Crippen LogP) is 4.58. The number of aromatic nitrogens is 5. The van der Waals surface area contributed by atoms with Crippen molar-refractivity contribution >= 4 is 63.4 Å². The summed E-state index contributed by atoms with van der Waals surface area (Å²) in [6.07, 6.45) is 5.04. The Morgan fingerprint density at radius 2 is 2.00 bits per heavy atom. The molecule has 4 rings (SSSR count). The van der Waals surface area contributed by atoms with Crippen molar-refractivity contribution in [1.29, 1.82) is 0 Å². The van der Waals surface area contributed by atoms with Crippen molar-refractivity contribution in [3.8, 4) is 11.7 Å². The Kier molecular flexibility index (Phi) is 7.43. The van der Waals surface area contributed by atoms with E-state index in [2.05, 4.69) is 30.9 Å². The van der Waals surface area contributed by atoms with Gasteiger partial charge in [0.2, 0.25) is 5.88 Å². The van der Waals surface area contributed by atoms with Crippen LogP contribution in [0.25, 0.3) is 16.7 Å². The minimum atomic E-state index is -0.606. The number of carbonyl (C=O) groups is 2. The fraction of sp³-hybridized carbons (Fsp3) is 0.261. The molecule has 0 radical (unpaired) electrons. The summed E-state index contributed by atoms with van der Waals surface area (Å²) in [5.74, 6) is 0.0654. The number of benzene rings is 1. The molecule has 0 atom stereocenters. The van der Waals surface area contributed by atoms with Crippen molar-refractivity contribution in [2.24, 2.45) is 0 Å². The molecule has 10 nitrogen and oxygen atoms in total. The van der Waals surface area contributed by atoms with Gasteiger partial charge in [-0.2, -0.15) is 16.9 Å². The van der Waals surface area contributed by atoms with Crippen molar-refractivity contribution < 1.29 is 14.3 Å². The molecule has 0 aliphatic rings. The van der Waals surface area contributed by atoms with Gasteiger partial charge in [-0.15, -0.1) is 5.10 Å². The van der Waals surface area contributed by atoms with E-state index in [4.69, 9.17) is 27.9 Å². The molecule has 3 heterocycles. The van der Waals surface area contributed by atoms with Crippen LogP contribution in [-0.4, -0.2) is 61.4 Å². The van der Waals surface area contributed by atoms with Crippen LogP contribution in [-0.2, 0) is 0 Å². The Morgan fingerprint density at radius 3 is 2.69 bits per heavy atom. The van der Waals surface area contributed by atoms with Gasteiger partial charge in [-0.3, -0.25) is 14.7 Å². The lowest BCUT2D eigenvalue weighted by atomic mass is 10.0.